The van der Waals surface area contributed by atoms with Crippen molar-refractivity contribution < 1.29 is 14.7 Å². The van der Waals surface area contributed by atoms with Crippen LogP contribution < -0.4 is 5.32 Å². The molecule has 0 saturated carbocycles. The second kappa shape index (κ2) is 7.22. The van der Waals surface area contributed by atoms with E-state index in [1.807, 2.05) is 0 Å². The normalized spacial score (nSPS) is 22.0. The van der Waals surface area contributed by atoms with Crippen LogP contribution in [-0.4, -0.2) is 57.5 Å². The van der Waals surface area contributed by atoms with Crippen molar-refractivity contribution in [1.29, 1.82) is 0 Å². The van der Waals surface area contributed by atoms with Crippen LogP contribution in [0.1, 0.15) is 31.4 Å². The van der Waals surface area contributed by atoms with E-state index >= 15 is 0 Å². The lowest BCUT2D eigenvalue weighted by molar-refractivity contribution is -0.134. The van der Waals surface area contributed by atoms with Gasteiger partial charge >= 0.3 is 0 Å². The minimum Gasteiger partial charge on any atom is -0.388 e. The molecule has 22 heavy (non-hydrogen) atoms. The minimum atomic E-state index is -0.984. The summed E-state index contributed by atoms with van der Waals surface area (Å²) in [5, 5.41) is 13.1. The lowest BCUT2D eigenvalue weighted by Gasteiger charge is -2.38. The largest absolute Gasteiger partial charge is 0.388 e. The van der Waals surface area contributed by atoms with Crippen LogP contribution in [0.15, 0.2) is 18.6 Å². The average Bonchev–Trinajstić information content (AvgIpc) is 3.03. The summed E-state index contributed by atoms with van der Waals surface area (Å²) in [7, 11) is 1.57. The van der Waals surface area contributed by atoms with Gasteiger partial charge in [0.15, 0.2) is 0 Å². The third kappa shape index (κ3) is 4.42. The van der Waals surface area contributed by atoms with Crippen LogP contribution in [0.5, 0.6) is 0 Å². The summed E-state index contributed by atoms with van der Waals surface area (Å²) in [5.41, 5.74) is -0.234. The van der Waals surface area contributed by atoms with E-state index in [0.717, 1.165) is 12.1 Å². The maximum Gasteiger partial charge on any atom is 0.246 e. The number of piperidine rings is 1. The first-order valence-corrected chi connectivity index (χ1v) is 7.41. The summed E-state index contributed by atoms with van der Waals surface area (Å²) >= 11 is 0. The number of hydrogen-bond donors (Lipinski definition) is 3. The van der Waals surface area contributed by atoms with Gasteiger partial charge in [0.1, 0.15) is 0 Å². The lowest BCUT2D eigenvalue weighted by atomic mass is 9.88. The Morgan fingerprint density at radius 2 is 2.41 bits per heavy atom. The summed E-state index contributed by atoms with van der Waals surface area (Å²) in [4.78, 5) is 31.9. The van der Waals surface area contributed by atoms with Gasteiger partial charge in [-0.25, -0.2) is 4.98 Å². The molecule has 1 aromatic heterocycles. The predicted octanol–water partition coefficient (Wildman–Crippen LogP) is 0.303. The summed E-state index contributed by atoms with van der Waals surface area (Å²) in [5.74, 6) is -0.247. The van der Waals surface area contributed by atoms with Gasteiger partial charge < -0.3 is 20.3 Å². The van der Waals surface area contributed by atoms with Crippen LogP contribution in [0, 0.1) is 0 Å². The molecule has 0 bridgehead atoms. The van der Waals surface area contributed by atoms with Crippen molar-refractivity contribution in [3.05, 3.63) is 24.3 Å². The van der Waals surface area contributed by atoms with Gasteiger partial charge in [-0.1, -0.05) is 0 Å². The number of aliphatic hydroxyl groups is 1. The molecule has 0 radical (unpaired) electrons. The van der Waals surface area contributed by atoms with Gasteiger partial charge in [-0.15, -0.1) is 0 Å². The average molecular weight is 306 g/mol. The first-order valence-electron chi connectivity index (χ1n) is 7.41. The number of likely N-dealkylation sites (tertiary alicyclic amines) is 1. The molecule has 1 atom stereocenters. The zero-order valence-corrected chi connectivity index (χ0v) is 12.7. The van der Waals surface area contributed by atoms with Crippen LogP contribution in [0.2, 0.25) is 0 Å². The first-order chi connectivity index (χ1) is 10.5. The Labute approximate surface area is 129 Å². The monoisotopic (exact) mass is 306 g/mol. The van der Waals surface area contributed by atoms with E-state index in [-0.39, 0.29) is 24.8 Å². The van der Waals surface area contributed by atoms with E-state index in [9.17, 15) is 14.7 Å². The molecule has 1 fully saturated rings. The van der Waals surface area contributed by atoms with E-state index in [0.29, 0.717) is 19.4 Å². The number of nitrogens with one attached hydrogen (secondary N) is 2. The molecule has 1 aliphatic heterocycles. The molecular formula is C15H22N4O3. The molecule has 1 unspecified atom stereocenters. The third-order valence-electron chi connectivity index (χ3n) is 3.89. The SMILES string of the molecule is CNC(=O)CCC1(O)CCCN(C(=O)/C=C/c2cnc[nH]2)C1. The lowest BCUT2D eigenvalue weighted by Crippen LogP contribution is -2.50. The van der Waals surface area contributed by atoms with Gasteiger partial charge in [0.25, 0.3) is 0 Å². The van der Waals surface area contributed by atoms with Crippen molar-refractivity contribution in [3.63, 3.8) is 0 Å². The quantitative estimate of drug-likeness (QED) is 0.682. The van der Waals surface area contributed by atoms with E-state index in [4.69, 9.17) is 0 Å². The highest BCUT2D eigenvalue weighted by Crippen LogP contribution is 2.26. The number of imidazole rings is 1. The molecular weight excluding hydrogens is 284 g/mol. The number of rotatable bonds is 5. The van der Waals surface area contributed by atoms with Crippen molar-refractivity contribution in [3.8, 4) is 0 Å². The predicted molar refractivity (Wildman–Crippen MR) is 81.7 cm³/mol. The zero-order valence-electron chi connectivity index (χ0n) is 12.7. The van der Waals surface area contributed by atoms with Crippen molar-refractivity contribution in [1.82, 2.24) is 20.2 Å². The number of carbonyl (C=O) groups is 2. The Morgan fingerprint density at radius 1 is 1.59 bits per heavy atom. The Hall–Kier alpha value is -2.15. The molecule has 2 heterocycles. The number of amides is 2. The van der Waals surface area contributed by atoms with Crippen molar-refractivity contribution >= 4 is 17.9 Å². The summed E-state index contributed by atoms with van der Waals surface area (Å²) < 4.78 is 0. The molecule has 7 nitrogen and oxygen atoms in total. The minimum absolute atomic E-state index is 0.101. The van der Waals surface area contributed by atoms with Crippen molar-refractivity contribution in [2.24, 2.45) is 0 Å². The van der Waals surface area contributed by atoms with Gasteiger partial charge in [0.05, 0.1) is 23.8 Å². The Morgan fingerprint density at radius 3 is 3.09 bits per heavy atom. The number of aromatic amines is 1. The van der Waals surface area contributed by atoms with E-state index in [1.165, 1.54) is 6.08 Å². The molecule has 1 saturated heterocycles. The topological polar surface area (TPSA) is 98.3 Å². The van der Waals surface area contributed by atoms with Crippen molar-refractivity contribution in [2.45, 2.75) is 31.3 Å². The first kappa shape index (κ1) is 16.2. The number of β-amino-alcohol motifs (C(OH)–C–C–N with tert-alkyl or cyclic N) is 1. The Kier molecular flexibility index (Phi) is 5.32. The second-order valence-electron chi connectivity index (χ2n) is 5.60. The Balaban J connectivity index is 1.91. The van der Waals surface area contributed by atoms with E-state index < -0.39 is 5.60 Å². The molecule has 2 amide bonds. The smallest absolute Gasteiger partial charge is 0.246 e. The molecule has 3 N–H and O–H groups in total. The van der Waals surface area contributed by atoms with Gasteiger partial charge in [-0.2, -0.15) is 0 Å². The highest BCUT2D eigenvalue weighted by molar-refractivity contribution is 5.91. The fourth-order valence-corrected chi connectivity index (χ4v) is 2.60. The molecule has 0 aliphatic carbocycles. The van der Waals surface area contributed by atoms with Gasteiger partial charge in [0.2, 0.25) is 11.8 Å². The third-order valence-corrected chi connectivity index (χ3v) is 3.89. The maximum atomic E-state index is 12.2. The molecule has 1 aliphatic rings. The summed E-state index contributed by atoms with van der Waals surface area (Å²) in [6, 6.07) is 0. The number of aromatic nitrogens is 2. The summed E-state index contributed by atoms with van der Waals surface area (Å²) in [6.45, 7) is 0.880. The molecule has 7 heteroatoms. The maximum absolute atomic E-state index is 12.2. The van der Waals surface area contributed by atoms with E-state index in [2.05, 4.69) is 15.3 Å². The number of hydrogen-bond acceptors (Lipinski definition) is 4. The van der Waals surface area contributed by atoms with Crippen LogP contribution >= 0.6 is 0 Å². The van der Waals surface area contributed by atoms with Gasteiger partial charge in [0, 0.05) is 32.6 Å². The van der Waals surface area contributed by atoms with Crippen LogP contribution in [-0.2, 0) is 9.59 Å². The molecule has 0 aromatic carbocycles. The molecule has 0 spiro atoms. The molecule has 2 rings (SSSR count). The number of nitrogens with zero attached hydrogens (tertiary/aromatic N) is 2. The second-order valence-corrected chi connectivity index (χ2v) is 5.60. The van der Waals surface area contributed by atoms with Gasteiger partial charge in [-0.3, -0.25) is 9.59 Å². The fourth-order valence-electron chi connectivity index (χ4n) is 2.60. The molecule has 120 valence electrons. The van der Waals surface area contributed by atoms with Crippen molar-refractivity contribution in [2.75, 3.05) is 20.1 Å². The highest BCUT2D eigenvalue weighted by Gasteiger charge is 2.34. The number of H-pyrrole nitrogens is 1. The van der Waals surface area contributed by atoms with E-state index in [1.54, 1.807) is 30.5 Å². The highest BCUT2D eigenvalue weighted by atomic mass is 16.3. The zero-order chi connectivity index (χ0) is 16.0. The fraction of sp³-hybridized carbons (Fsp3) is 0.533. The Bertz CT molecular complexity index is 541. The number of carbonyl (C=O) groups excluding carboxylic acids is 2. The molecule has 1 aromatic rings. The van der Waals surface area contributed by atoms with Crippen LogP contribution in [0.3, 0.4) is 0 Å². The van der Waals surface area contributed by atoms with Gasteiger partial charge in [-0.05, 0) is 25.3 Å². The standard InChI is InChI=1S/C15H22N4O3/c1-16-13(20)5-7-15(22)6-2-8-19(10-15)14(21)4-3-12-9-17-11-18-12/h3-4,9,11,22H,2,5-8,10H2,1H3,(H,16,20)(H,17,18)/b4-3+. The van der Waals surface area contributed by atoms with Crippen LogP contribution in [0.4, 0.5) is 0 Å². The van der Waals surface area contributed by atoms with Crippen LogP contribution in [0.25, 0.3) is 6.08 Å². The summed E-state index contributed by atoms with van der Waals surface area (Å²) in [6.07, 6.45) is 8.26.